The summed E-state index contributed by atoms with van der Waals surface area (Å²) in [5.74, 6) is 0.658. The number of aliphatic hydroxyl groups excluding tert-OH is 1. The Morgan fingerprint density at radius 2 is 2.26 bits per heavy atom. The van der Waals surface area contributed by atoms with Crippen molar-refractivity contribution < 1.29 is 14.6 Å². The number of nitrogens with one attached hydrogen (secondary N) is 1. The number of hydrogen-bond acceptors (Lipinski definition) is 3. The number of rotatable bonds is 7. The van der Waals surface area contributed by atoms with Crippen molar-refractivity contribution in [3.05, 3.63) is 28.8 Å². The van der Waals surface area contributed by atoms with E-state index in [1.165, 1.54) is 0 Å². The van der Waals surface area contributed by atoms with Gasteiger partial charge >= 0.3 is 6.03 Å². The van der Waals surface area contributed by atoms with Crippen molar-refractivity contribution in [2.75, 3.05) is 26.3 Å². The smallest absolute Gasteiger partial charge is 0.317 e. The van der Waals surface area contributed by atoms with Crippen LogP contribution in [0.2, 0.25) is 5.02 Å². The Balaban J connectivity index is 2.03. The minimum Gasteiger partial charge on any atom is -0.492 e. The molecule has 0 fully saturated rings. The molecule has 5 nitrogen and oxygen atoms in total. The number of benzene rings is 1. The minimum atomic E-state index is -0.145. The van der Waals surface area contributed by atoms with Gasteiger partial charge in [0.15, 0.2) is 0 Å². The first-order valence-corrected chi connectivity index (χ1v) is 8.62. The van der Waals surface area contributed by atoms with Crippen LogP contribution in [0, 0.1) is 0 Å². The maximum atomic E-state index is 12.5. The quantitative estimate of drug-likeness (QED) is 0.748. The van der Waals surface area contributed by atoms with E-state index in [1.54, 1.807) is 11.0 Å². The van der Waals surface area contributed by atoms with E-state index in [0.29, 0.717) is 36.9 Å². The lowest BCUT2D eigenvalue weighted by Crippen LogP contribution is -2.44. The van der Waals surface area contributed by atoms with Crippen LogP contribution in [-0.2, 0) is 0 Å². The molecule has 1 aliphatic rings. The first-order valence-electron chi connectivity index (χ1n) is 8.24. The van der Waals surface area contributed by atoms with E-state index >= 15 is 0 Å². The zero-order chi connectivity index (χ0) is 16.7. The molecule has 1 heterocycles. The van der Waals surface area contributed by atoms with Crippen molar-refractivity contribution in [1.82, 2.24) is 10.2 Å². The molecule has 1 atom stereocenters. The molecule has 0 saturated carbocycles. The summed E-state index contributed by atoms with van der Waals surface area (Å²) in [6.07, 6.45) is 3.83. The van der Waals surface area contributed by atoms with Crippen molar-refractivity contribution in [3.8, 4) is 5.75 Å². The predicted molar refractivity (Wildman–Crippen MR) is 91.0 cm³/mol. The molecule has 0 aliphatic carbocycles. The highest BCUT2D eigenvalue weighted by Gasteiger charge is 2.26. The molecule has 0 spiro atoms. The van der Waals surface area contributed by atoms with E-state index in [4.69, 9.17) is 16.3 Å². The average Bonchev–Trinajstić information content (AvgIpc) is 2.55. The normalized spacial score (nSPS) is 16.4. The predicted octanol–water partition coefficient (Wildman–Crippen LogP) is 3.36. The lowest BCUT2D eigenvalue weighted by atomic mass is 10.0. The number of amides is 2. The Morgan fingerprint density at radius 3 is 3.00 bits per heavy atom. The maximum absolute atomic E-state index is 12.5. The molecule has 0 bridgehead atoms. The van der Waals surface area contributed by atoms with Crippen molar-refractivity contribution in [3.63, 3.8) is 0 Å². The fourth-order valence-corrected chi connectivity index (χ4v) is 3.00. The van der Waals surface area contributed by atoms with Crippen molar-refractivity contribution in [1.29, 1.82) is 0 Å². The third-order valence-electron chi connectivity index (χ3n) is 4.01. The summed E-state index contributed by atoms with van der Waals surface area (Å²) in [6, 6.07) is 5.32. The van der Waals surface area contributed by atoms with E-state index in [2.05, 4.69) is 12.2 Å². The number of hydrogen-bond donors (Lipinski definition) is 2. The van der Waals surface area contributed by atoms with Gasteiger partial charge in [-0.1, -0.05) is 43.5 Å². The monoisotopic (exact) mass is 340 g/mol. The first kappa shape index (κ1) is 17.9. The zero-order valence-electron chi connectivity index (χ0n) is 13.6. The Bertz CT molecular complexity index is 525. The van der Waals surface area contributed by atoms with Crippen molar-refractivity contribution in [2.24, 2.45) is 0 Å². The molecule has 0 radical (unpaired) electrons. The fourth-order valence-electron chi connectivity index (χ4n) is 2.77. The topological polar surface area (TPSA) is 61.8 Å². The van der Waals surface area contributed by atoms with Crippen LogP contribution in [0.3, 0.4) is 0 Å². The van der Waals surface area contributed by atoms with Gasteiger partial charge in [0.25, 0.3) is 0 Å². The number of aliphatic hydroxyl groups is 1. The Labute approximate surface area is 142 Å². The van der Waals surface area contributed by atoms with Crippen molar-refractivity contribution >= 4 is 17.6 Å². The highest BCUT2D eigenvalue weighted by molar-refractivity contribution is 6.32. The molecule has 2 rings (SSSR count). The number of carbonyl (C=O) groups is 1. The summed E-state index contributed by atoms with van der Waals surface area (Å²) >= 11 is 6.16. The second-order valence-corrected chi connectivity index (χ2v) is 6.12. The number of ether oxygens (including phenoxy) is 1. The van der Waals surface area contributed by atoms with Crippen LogP contribution in [0.25, 0.3) is 0 Å². The second kappa shape index (κ2) is 8.99. The Kier molecular flexibility index (Phi) is 6.99. The molecule has 2 amide bonds. The van der Waals surface area contributed by atoms with Gasteiger partial charge in [-0.15, -0.1) is 0 Å². The van der Waals surface area contributed by atoms with Crippen LogP contribution in [0.4, 0.5) is 4.79 Å². The third-order valence-corrected chi connectivity index (χ3v) is 4.31. The van der Waals surface area contributed by atoms with Gasteiger partial charge in [-0.2, -0.15) is 0 Å². The van der Waals surface area contributed by atoms with E-state index in [-0.39, 0.29) is 18.7 Å². The molecular weight excluding hydrogens is 316 g/mol. The first-order chi connectivity index (χ1) is 11.2. The summed E-state index contributed by atoms with van der Waals surface area (Å²) in [5.41, 5.74) is 0.912. The van der Waals surface area contributed by atoms with Gasteiger partial charge in [0.1, 0.15) is 5.75 Å². The van der Waals surface area contributed by atoms with E-state index in [1.807, 2.05) is 12.1 Å². The van der Waals surface area contributed by atoms with Crippen molar-refractivity contribution in [2.45, 2.75) is 38.6 Å². The number of nitrogens with zero attached hydrogens (tertiary/aromatic N) is 1. The van der Waals surface area contributed by atoms with Gasteiger partial charge < -0.3 is 20.1 Å². The summed E-state index contributed by atoms with van der Waals surface area (Å²) in [6.45, 7) is 3.62. The van der Waals surface area contributed by atoms with E-state index < -0.39 is 0 Å². The highest BCUT2D eigenvalue weighted by atomic mass is 35.5. The van der Waals surface area contributed by atoms with Gasteiger partial charge in [-0.25, -0.2) is 4.79 Å². The standard InChI is InChI=1S/C17H25ClN2O3/c1-2-3-4-9-20(10-11-21)17(22)19-15-8-12-23-16-13(15)6-5-7-14(16)18/h5-7,15,21H,2-4,8-12H2,1H3,(H,19,22). The largest absolute Gasteiger partial charge is 0.492 e. The molecule has 6 heteroatoms. The molecule has 1 aliphatic heterocycles. The average molecular weight is 341 g/mol. The van der Waals surface area contributed by atoms with Crippen LogP contribution >= 0.6 is 11.6 Å². The van der Waals surface area contributed by atoms with Crippen LogP contribution in [-0.4, -0.2) is 42.3 Å². The molecule has 128 valence electrons. The van der Waals surface area contributed by atoms with Crippen LogP contribution in [0.15, 0.2) is 18.2 Å². The lowest BCUT2D eigenvalue weighted by Gasteiger charge is -2.30. The van der Waals surface area contributed by atoms with Crippen LogP contribution in [0.5, 0.6) is 5.75 Å². The molecular formula is C17H25ClN2O3. The highest BCUT2D eigenvalue weighted by Crippen LogP contribution is 2.37. The number of fused-ring (bicyclic) bond motifs is 1. The maximum Gasteiger partial charge on any atom is 0.317 e. The number of unbranched alkanes of at least 4 members (excludes halogenated alkanes) is 2. The Morgan fingerprint density at radius 1 is 1.43 bits per heavy atom. The molecule has 0 aromatic heterocycles. The molecule has 0 saturated heterocycles. The molecule has 23 heavy (non-hydrogen) atoms. The van der Waals surface area contributed by atoms with E-state index in [9.17, 15) is 9.90 Å². The number of halogens is 1. The van der Waals surface area contributed by atoms with Gasteiger partial charge in [-0.05, 0) is 12.5 Å². The second-order valence-electron chi connectivity index (χ2n) is 5.72. The molecule has 1 aromatic carbocycles. The fraction of sp³-hybridized carbons (Fsp3) is 0.588. The number of urea groups is 1. The summed E-state index contributed by atoms with van der Waals surface area (Å²) < 4.78 is 5.62. The third kappa shape index (κ3) is 4.75. The zero-order valence-corrected chi connectivity index (χ0v) is 14.3. The van der Waals surface area contributed by atoms with E-state index in [0.717, 1.165) is 24.8 Å². The van der Waals surface area contributed by atoms with Crippen LogP contribution in [0.1, 0.15) is 44.2 Å². The van der Waals surface area contributed by atoms with Gasteiger partial charge in [-0.3, -0.25) is 0 Å². The molecule has 1 aromatic rings. The summed E-state index contributed by atoms with van der Waals surface area (Å²) in [4.78, 5) is 14.2. The summed E-state index contributed by atoms with van der Waals surface area (Å²) in [5, 5.41) is 12.8. The summed E-state index contributed by atoms with van der Waals surface area (Å²) in [7, 11) is 0. The number of carbonyl (C=O) groups excluding carboxylic acids is 1. The van der Waals surface area contributed by atoms with Gasteiger partial charge in [0.2, 0.25) is 0 Å². The van der Waals surface area contributed by atoms with Gasteiger partial charge in [0.05, 0.1) is 24.3 Å². The molecule has 2 N–H and O–H groups in total. The lowest BCUT2D eigenvalue weighted by molar-refractivity contribution is 0.168. The minimum absolute atomic E-state index is 0.0320. The SMILES string of the molecule is CCCCCN(CCO)C(=O)NC1CCOc2c(Cl)cccc21. The van der Waals surface area contributed by atoms with Gasteiger partial charge in [0, 0.05) is 25.1 Å². The Hall–Kier alpha value is -1.46. The van der Waals surface area contributed by atoms with Crippen LogP contribution < -0.4 is 10.1 Å². The molecule has 1 unspecified atom stereocenters. The number of para-hydroxylation sites is 1.